The summed E-state index contributed by atoms with van der Waals surface area (Å²) in [6.07, 6.45) is -7.26. The lowest BCUT2D eigenvalue weighted by molar-refractivity contribution is -0.360. The van der Waals surface area contributed by atoms with Gasteiger partial charge in [-0.2, -0.15) is 21.6 Å². The van der Waals surface area contributed by atoms with E-state index in [0.717, 1.165) is 7.11 Å². The minimum Gasteiger partial charge on any atom is -0.368 e. The predicted octanol–water partition coefficient (Wildman–Crippen LogP) is 3.29. The van der Waals surface area contributed by atoms with Crippen LogP contribution in [0.1, 0.15) is 17.4 Å². The zero-order valence-corrected chi connectivity index (χ0v) is 18.8. The van der Waals surface area contributed by atoms with Crippen LogP contribution in [-0.4, -0.2) is 58.3 Å². The quantitative estimate of drug-likeness (QED) is 0.419. The van der Waals surface area contributed by atoms with E-state index in [1.54, 1.807) is 60.7 Å². The molecule has 0 saturated carbocycles. The lowest BCUT2D eigenvalue weighted by atomic mass is 9.97. The van der Waals surface area contributed by atoms with E-state index in [-0.39, 0.29) is 13.2 Å². The third-order valence-corrected chi connectivity index (χ3v) is 6.44. The van der Waals surface area contributed by atoms with E-state index in [1.165, 1.54) is 0 Å². The number of fused-ring (bicyclic) bond motifs is 1. The largest absolute Gasteiger partial charge is 0.523 e. The normalized spacial score (nSPS) is 30.0. The molecule has 2 fully saturated rings. The van der Waals surface area contributed by atoms with Crippen LogP contribution in [0, 0.1) is 0 Å². The SMILES string of the molecule is CO[C@@H]1O[C@@H]2COC(c3ccccc3)O[C@H]2[C@H](OCc2ccccc2)[C@H]1OS(=O)(=O)C(F)(F)F. The second kappa shape index (κ2) is 10.3. The van der Waals surface area contributed by atoms with Gasteiger partial charge in [0.05, 0.1) is 13.2 Å². The average Bonchev–Trinajstić information content (AvgIpc) is 2.83. The third-order valence-electron chi connectivity index (χ3n) is 5.39. The van der Waals surface area contributed by atoms with E-state index in [1.807, 2.05) is 0 Å². The minimum absolute atomic E-state index is 0.00796. The van der Waals surface area contributed by atoms with Crippen molar-refractivity contribution in [3.63, 3.8) is 0 Å². The molecule has 2 aliphatic rings. The predicted molar refractivity (Wildman–Crippen MR) is 111 cm³/mol. The van der Waals surface area contributed by atoms with Gasteiger partial charge in [-0.3, -0.25) is 4.18 Å². The smallest absolute Gasteiger partial charge is 0.368 e. The Morgan fingerprint density at radius 1 is 0.971 bits per heavy atom. The van der Waals surface area contributed by atoms with E-state index in [2.05, 4.69) is 4.18 Å². The summed E-state index contributed by atoms with van der Waals surface area (Å²) in [5.74, 6) is 0. The van der Waals surface area contributed by atoms with Crippen molar-refractivity contribution in [2.45, 2.75) is 49.1 Å². The number of halogens is 3. The molecule has 0 bridgehead atoms. The highest BCUT2D eigenvalue weighted by Gasteiger charge is 2.57. The fraction of sp³-hybridized carbons (Fsp3) is 0.455. The first kappa shape index (κ1) is 25.0. The molecule has 0 radical (unpaired) electrons. The third kappa shape index (κ3) is 5.43. The van der Waals surface area contributed by atoms with Gasteiger partial charge in [-0.1, -0.05) is 60.7 Å². The minimum atomic E-state index is -5.99. The molecular formula is C22H23F3O8S. The van der Waals surface area contributed by atoms with E-state index >= 15 is 0 Å². The topological polar surface area (TPSA) is 89.5 Å². The van der Waals surface area contributed by atoms with Gasteiger partial charge in [-0.15, -0.1) is 0 Å². The summed E-state index contributed by atoms with van der Waals surface area (Å²) in [5.41, 5.74) is -4.27. The van der Waals surface area contributed by atoms with Crippen molar-refractivity contribution < 1.29 is 49.5 Å². The van der Waals surface area contributed by atoms with E-state index < -0.39 is 52.6 Å². The number of benzene rings is 2. The highest BCUT2D eigenvalue weighted by atomic mass is 32.2. The molecule has 0 N–H and O–H groups in total. The molecule has 2 heterocycles. The number of hydrogen-bond acceptors (Lipinski definition) is 8. The van der Waals surface area contributed by atoms with Crippen LogP contribution in [0.15, 0.2) is 60.7 Å². The van der Waals surface area contributed by atoms with Crippen LogP contribution >= 0.6 is 0 Å². The molecule has 1 unspecified atom stereocenters. The molecule has 2 aromatic rings. The van der Waals surface area contributed by atoms with Crippen molar-refractivity contribution in [1.82, 2.24) is 0 Å². The average molecular weight is 504 g/mol. The molecule has 0 spiro atoms. The van der Waals surface area contributed by atoms with Crippen LogP contribution in [0.25, 0.3) is 0 Å². The van der Waals surface area contributed by atoms with Crippen molar-refractivity contribution in [2.24, 2.45) is 0 Å². The lowest BCUT2D eigenvalue weighted by Gasteiger charge is -2.48. The van der Waals surface area contributed by atoms with Crippen molar-refractivity contribution >= 4 is 10.1 Å². The van der Waals surface area contributed by atoms with Crippen LogP contribution in [0.2, 0.25) is 0 Å². The molecule has 34 heavy (non-hydrogen) atoms. The zero-order valence-electron chi connectivity index (χ0n) is 18.0. The number of alkyl halides is 3. The molecule has 0 aromatic heterocycles. The highest BCUT2D eigenvalue weighted by Crippen LogP contribution is 2.38. The lowest BCUT2D eigenvalue weighted by Crippen LogP contribution is -2.64. The first-order valence-corrected chi connectivity index (χ1v) is 11.8. The van der Waals surface area contributed by atoms with Crippen molar-refractivity contribution in [3.8, 4) is 0 Å². The summed E-state index contributed by atoms with van der Waals surface area (Å²) >= 11 is 0. The molecule has 2 saturated heterocycles. The van der Waals surface area contributed by atoms with Crippen LogP contribution < -0.4 is 0 Å². The Morgan fingerprint density at radius 3 is 2.24 bits per heavy atom. The van der Waals surface area contributed by atoms with E-state index in [9.17, 15) is 21.6 Å². The first-order valence-electron chi connectivity index (χ1n) is 10.3. The van der Waals surface area contributed by atoms with Gasteiger partial charge in [0.1, 0.15) is 18.3 Å². The molecular weight excluding hydrogens is 481 g/mol. The van der Waals surface area contributed by atoms with Gasteiger partial charge in [0.15, 0.2) is 18.7 Å². The molecule has 4 rings (SSSR count). The highest BCUT2D eigenvalue weighted by molar-refractivity contribution is 7.87. The van der Waals surface area contributed by atoms with Gasteiger partial charge < -0.3 is 23.7 Å². The van der Waals surface area contributed by atoms with E-state index in [0.29, 0.717) is 11.1 Å². The maximum atomic E-state index is 13.1. The molecule has 8 nitrogen and oxygen atoms in total. The van der Waals surface area contributed by atoms with Crippen molar-refractivity contribution in [2.75, 3.05) is 13.7 Å². The molecule has 186 valence electrons. The summed E-state index contributed by atoms with van der Waals surface area (Å²) in [6, 6.07) is 17.7. The second-order valence-corrected chi connectivity index (χ2v) is 9.24. The summed E-state index contributed by atoms with van der Waals surface area (Å²) in [6.45, 7) is -0.0364. The standard InChI is InChI=1S/C22H23F3O8S/c1-28-21-19(33-34(26,27)22(23,24)25)18(29-12-14-8-4-2-5-9-14)17-16(31-21)13-30-20(32-17)15-10-6-3-7-11-15/h2-11,16-21H,12-13H2,1H3/t16-,17-,18+,19-,20?,21-/m1/s1. The Bertz CT molecular complexity index is 1040. The van der Waals surface area contributed by atoms with Gasteiger partial charge in [-0.25, -0.2) is 0 Å². The maximum absolute atomic E-state index is 13.1. The maximum Gasteiger partial charge on any atom is 0.523 e. The summed E-state index contributed by atoms with van der Waals surface area (Å²) in [5, 5.41) is 0. The molecule has 0 amide bonds. The van der Waals surface area contributed by atoms with Crippen molar-refractivity contribution in [3.05, 3.63) is 71.8 Å². The fourth-order valence-electron chi connectivity index (χ4n) is 3.78. The van der Waals surface area contributed by atoms with Crippen LogP contribution in [0.3, 0.4) is 0 Å². The summed E-state index contributed by atoms with van der Waals surface area (Å²) in [4.78, 5) is 0. The Morgan fingerprint density at radius 2 is 1.62 bits per heavy atom. The molecule has 2 aromatic carbocycles. The van der Waals surface area contributed by atoms with Gasteiger partial charge in [0, 0.05) is 12.7 Å². The number of ether oxygens (including phenoxy) is 5. The van der Waals surface area contributed by atoms with E-state index in [4.69, 9.17) is 23.7 Å². The number of rotatable bonds is 7. The zero-order chi connectivity index (χ0) is 24.3. The Labute approximate surface area is 194 Å². The molecule has 6 atom stereocenters. The monoisotopic (exact) mass is 504 g/mol. The molecule has 2 aliphatic heterocycles. The second-order valence-electron chi connectivity index (χ2n) is 7.68. The van der Waals surface area contributed by atoms with Gasteiger partial charge in [0.25, 0.3) is 0 Å². The van der Waals surface area contributed by atoms with Crippen LogP contribution in [-0.2, 0) is 44.6 Å². The Kier molecular flexibility index (Phi) is 7.57. The van der Waals surface area contributed by atoms with Gasteiger partial charge in [0.2, 0.25) is 0 Å². The first-order chi connectivity index (χ1) is 16.2. The summed E-state index contributed by atoms with van der Waals surface area (Å²) in [7, 11) is -4.83. The van der Waals surface area contributed by atoms with Crippen LogP contribution in [0.5, 0.6) is 0 Å². The van der Waals surface area contributed by atoms with Gasteiger partial charge in [-0.05, 0) is 5.56 Å². The number of methoxy groups -OCH3 is 1. The Balaban J connectivity index is 1.64. The molecule has 0 aliphatic carbocycles. The van der Waals surface area contributed by atoms with Gasteiger partial charge >= 0.3 is 15.6 Å². The number of hydrogen-bond donors (Lipinski definition) is 0. The van der Waals surface area contributed by atoms with Crippen LogP contribution in [0.4, 0.5) is 13.2 Å². The molecule has 12 heteroatoms. The fourth-order valence-corrected chi connectivity index (χ4v) is 4.38. The van der Waals surface area contributed by atoms with Crippen molar-refractivity contribution in [1.29, 1.82) is 0 Å². The Hall–Kier alpha value is -2.06. The summed E-state index contributed by atoms with van der Waals surface area (Å²) < 4.78 is 96.2.